The van der Waals surface area contributed by atoms with Crippen LogP contribution >= 0.6 is 21.2 Å². The summed E-state index contributed by atoms with van der Waals surface area (Å²) in [6.45, 7) is 0.646. The van der Waals surface area contributed by atoms with Crippen molar-refractivity contribution < 1.29 is 57.2 Å². The van der Waals surface area contributed by atoms with Gasteiger partial charge in [-0.3, -0.25) is 23.5 Å². The molecule has 286 valence electrons. The van der Waals surface area contributed by atoms with Crippen molar-refractivity contribution >= 4 is 106 Å². The Morgan fingerprint density at radius 1 is 0.741 bits per heavy atom. The van der Waals surface area contributed by atoms with Crippen molar-refractivity contribution in [1.29, 1.82) is 0 Å². The number of hydrogen-bond acceptors (Lipinski definition) is 14. The number of aromatic hydroxyl groups is 1. The zero-order valence-corrected chi connectivity index (χ0v) is 32.5. The normalized spacial score (nSPS) is 12.8. The Balaban J connectivity index is 1.67. The Bertz CT molecular complexity index is 2790. The number of amides is 1. The SMILES string of the molecule is O=C(Nc1cc(S(=O)(=O)O)cc2cc(S(=O)(=O)O)c(/N=N/c3ccc4cc(S(=O)(=O)CCSCCNP)ccc4c3S(=O)(=O)O)c(O)c12)c1ccccc1. The third-order valence-corrected chi connectivity index (χ3v) is 13.6. The average Bonchev–Trinajstić information content (AvgIpc) is 3.09. The average molecular weight is 857 g/mol. The molecule has 0 radical (unpaired) electrons. The molecular formula is C31H29N4O13PS5. The Morgan fingerprint density at radius 3 is 2.06 bits per heavy atom. The van der Waals surface area contributed by atoms with Crippen molar-refractivity contribution in [3.63, 3.8) is 0 Å². The highest BCUT2D eigenvalue weighted by atomic mass is 32.2. The number of phenolic OH excluding ortho intramolecular Hbond substituents is 1. The topological polar surface area (TPSA) is 283 Å². The number of phenols is 1. The van der Waals surface area contributed by atoms with Crippen LogP contribution in [0, 0.1) is 0 Å². The van der Waals surface area contributed by atoms with Crippen LogP contribution in [0.1, 0.15) is 10.4 Å². The molecule has 0 bridgehead atoms. The van der Waals surface area contributed by atoms with Gasteiger partial charge in [-0.05, 0) is 59.3 Å². The molecule has 0 saturated carbocycles. The maximum Gasteiger partial charge on any atom is 0.297 e. The van der Waals surface area contributed by atoms with Gasteiger partial charge in [0.1, 0.15) is 21.2 Å². The summed E-state index contributed by atoms with van der Waals surface area (Å²) >= 11 is 1.41. The number of azo groups is 1. The molecule has 0 aliphatic carbocycles. The summed E-state index contributed by atoms with van der Waals surface area (Å²) in [6.07, 6.45) is 0. The number of sulfone groups is 1. The molecule has 0 aliphatic rings. The first-order chi connectivity index (χ1) is 25.2. The lowest BCUT2D eigenvalue weighted by molar-refractivity contribution is 0.102. The summed E-state index contributed by atoms with van der Waals surface area (Å²) in [5, 5.41) is 23.1. The van der Waals surface area contributed by atoms with Gasteiger partial charge < -0.3 is 10.4 Å². The monoisotopic (exact) mass is 856 g/mol. The van der Waals surface area contributed by atoms with E-state index in [1.54, 1.807) is 6.07 Å². The van der Waals surface area contributed by atoms with Gasteiger partial charge in [0.05, 0.1) is 21.2 Å². The van der Waals surface area contributed by atoms with Crippen LogP contribution in [0.2, 0.25) is 0 Å². The van der Waals surface area contributed by atoms with E-state index in [0.717, 1.165) is 30.3 Å². The summed E-state index contributed by atoms with van der Waals surface area (Å²) in [7, 11) is -16.9. The van der Waals surface area contributed by atoms with E-state index in [4.69, 9.17) is 0 Å². The molecule has 5 aromatic rings. The van der Waals surface area contributed by atoms with Gasteiger partial charge in [0.25, 0.3) is 36.3 Å². The van der Waals surface area contributed by atoms with Crippen LogP contribution in [0.25, 0.3) is 21.5 Å². The molecule has 5 aromatic carbocycles. The van der Waals surface area contributed by atoms with E-state index in [0.29, 0.717) is 18.4 Å². The highest BCUT2D eigenvalue weighted by Crippen LogP contribution is 2.46. The van der Waals surface area contributed by atoms with Gasteiger partial charge in [-0.25, -0.2) is 8.42 Å². The van der Waals surface area contributed by atoms with Crippen LogP contribution in [-0.2, 0) is 40.2 Å². The van der Waals surface area contributed by atoms with Crippen molar-refractivity contribution in [3.05, 3.63) is 84.4 Å². The number of thioether (sulfide) groups is 1. The molecule has 6 N–H and O–H groups in total. The summed E-state index contributed by atoms with van der Waals surface area (Å²) in [4.78, 5) is 10.1. The number of nitrogens with zero attached hydrogens (tertiary/aromatic N) is 2. The fourth-order valence-corrected chi connectivity index (χ4v) is 10.2. The first-order valence-corrected chi connectivity index (χ1v) is 22.8. The van der Waals surface area contributed by atoms with Gasteiger partial charge >= 0.3 is 0 Å². The lowest BCUT2D eigenvalue weighted by Crippen LogP contribution is -2.13. The second-order valence-corrected chi connectivity index (χ2v) is 19.2. The van der Waals surface area contributed by atoms with Crippen molar-refractivity contribution in [2.45, 2.75) is 19.6 Å². The van der Waals surface area contributed by atoms with Crippen molar-refractivity contribution in [1.82, 2.24) is 5.09 Å². The number of benzene rings is 5. The van der Waals surface area contributed by atoms with E-state index < -0.39 is 94.4 Å². The summed E-state index contributed by atoms with van der Waals surface area (Å²) < 4.78 is 131. The molecule has 0 saturated heterocycles. The second-order valence-electron chi connectivity index (χ2n) is 11.3. The minimum absolute atomic E-state index is 0.0585. The Hall–Kier alpha value is -4.09. The highest BCUT2D eigenvalue weighted by Gasteiger charge is 2.27. The fourth-order valence-electron chi connectivity index (χ4n) is 5.22. The minimum atomic E-state index is -5.33. The molecule has 5 rings (SSSR count). The molecule has 0 aromatic heterocycles. The fraction of sp³-hybridized carbons (Fsp3) is 0.129. The van der Waals surface area contributed by atoms with Gasteiger partial charge in [-0.1, -0.05) is 39.7 Å². The van der Waals surface area contributed by atoms with Crippen LogP contribution < -0.4 is 10.4 Å². The van der Waals surface area contributed by atoms with Crippen LogP contribution in [0.4, 0.5) is 17.1 Å². The van der Waals surface area contributed by atoms with Gasteiger partial charge in [0, 0.05) is 34.4 Å². The van der Waals surface area contributed by atoms with E-state index >= 15 is 0 Å². The van der Waals surface area contributed by atoms with Crippen LogP contribution in [0.3, 0.4) is 0 Å². The lowest BCUT2D eigenvalue weighted by Gasteiger charge is -2.15. The maximum atomic E-state index is 13.0. The number of hydrogen-bond donors (Lipinski definition) is 6. The molecular weight excluding hydrogens is 828 g/mol. The zero-order chi connectivity index (χ0) is 39.6. The van der Waals surface area contributed by atoms with E-state index in [-0.39, 0.29) is 32.7 Å². The molecule has 0 heterocycles. The Kier molecular flexibility index (Phi) is 12.1. The van der Waals surface area contributed by atoms with E-state index in [2.05, 4.69) is 30.0 Å². The number of anilines is 1. The molecule has 54 heavy (non-hydrogen) atoms. The number of nitrogens with one attached hydrogen (secondary N) is 2. The third-order valence-electron chi connectivity index (χ3n) is 7.67. The highest BCUT2D eigenvalue weighted by molar-refractivity contribution is 8.00. The first-order valence-electron chi connectivity index (χ1n) is 15.1. The van der Waals surface area contributed by atoms with Crippen molar-refractivity contribution in [2.75, 3.05) is 29.1 Å². The van der Waals surface area contributed by atoms with Gasteiger partial charge in [0.2, 0.25) is 0 Å². The van der Waals surface area contributed by atoms with Gasteiger partial charge in [-0.15, -0.1) is 10.2 Å². The Labute approximate surface area is 315 Å². The second kappa shape index (κ2) is 15.9. The number of carbonyl (C=O) groups is 1. The standard InChI is InChI=1S/C31H29N4O13PS5/c36-29-27-20(15-22(52(40,41)42)17-25(27)33-31(37)18-4-2-1-3-5-18)16-26(53(43,44)45)28(29)35-34-24-9-6-19-14-21(7-8-23(19)30(24)54(46,47)48)51(38,39)13-12-50-11-10-32-49/h1-9,14-17,32,36H,10-13,49H2,(H,33,37)(H,40,41,42)(H,43,44,45)(H,46,47,48)/b35-34+. The largest absolute Gasteiger partial charge is 0.505 e. The molecule has 0 spiro atoms. The van der Waals surface area contributed by atoms with Gasteiger partial charge in [-0.2, -0.15) is 37.0 Å². The van der Waals surface area contributed by atoms with E-state index in [9.17, 15) is 57.2 Å². The van der Waals surface area contributed by atoms with Crippen LogP contribution in [-0.4, -0.2) is 82.1 Å². The summed E-state index contributed by atoms with van der Waals surface area (Å²) in [5.41, 5.74) is -2.00. The molecule has 1 unspecified atom stereocenters. The quantitative estimate of drug-likeness (QED) is 0.0371. The zero-order valence-electron chi connectivity index (χ0n) is 27.3. The van der Waals surface area contributed by atoms with Gasteiger partial charge in [0.15, 0.2) is 15.6 Å². The number of carbonyl (C=O) groups excluding carboxylic acids is 1. The predicted octanol–water partition coefficient (Wildman–Crippen LogP) is 4.99. The molecule has 1 amide bonds. The number of rotatable bonds is 14. The number of fused-ring (bicyclic) bond motifs is 2. The Morgan fingerprint density at radius 2 is 1.43 bits per heavy atom. The molecule has 0 fully saturated rings. The molecule has 1 atom stereocenters. The molecule has 17 nitrogen and oxygen atoms in total. The van der Waals surface area contributed by atoms with Crippen molar-refractivity contribution in [2.24, 2.45) is 10.2 Å². The predicted molar refractivity (Wildman–Crippen MR) is 205 cm³/mol. The van der Waals surface area contributed by atoms with E-state index in [1.807, 2.05) is 0 Å². The summed E-state index contributed by atoms with van der Waals surface area (Å²) in [6, 6.07) is 15.4. The van der Waals surface area contributed by atoms with Crippen LogP contribution in [0.5, 0.6) is 5.75 Å². The first kappa shape index (κ1) is 41.1. The maximum absolute atomic E-state index is 13.0. The molecule has 0 aliphatic heterocycles. The smallest absolute Gasteiger partial charge is 0.297 e. The third kappa shape index (κ3) is 9.22. The van der Waals surface area contributed by atoms with E-state index in [1.165, 1.54) is 48.2 Å². The lowest BCUT2D eigenvalue weighted by atomic mass is 10.1. The van der Waals surface area contributed by atoms with Crippen LogP contribution in [0.15, 0.2) is 109 Å². The molecule has 23 heteroatoms. The minimum Gasteiger partial charge on any atom is -0.505 e. The van der Waals surface area contributed by atoms with Crippen molar-refractivity contribution in [3.8, 4) is 5.75 Å². The summed E-state index contributed by atoms with van der Waals surface area (Å²) in [5.74, 6) is -1.18.